The molecule has 0 aliphatic carbocycles. The molecule has 1 fully saturated rings. The molecule has 114 valence electrons. The quantitative estimate of drug-likeness (QED) is 0.860. The van der Waals surface area contributed by atoms with Crippen molar-refractivity contribution in [2.24, 2.45) is 0 Å². The van der Waals surface area contributed by atoms with Crippen molar-refractivity contribution in [2.45, 2.75) is 32.3 Å². The molecule has 21 heavy (non-hydrogen) atoms. The highest BCUT2D eigenvalue weighted by Gasteiger charge is 2.31. The van der Waals surface area contributed by atoms with Crippen molar-refractivity contribution < 1.29 is 9.53 Å². The molecule has 2 N–H and O–H groups in total. The van der Waals surface area contributed by atoms with E-state index in [1.165, 1.54) is 25.9 Å². The van der Waals surface area contributed by atoms with Crippen LogP contribution in [0.5, 0.6) is 5.75 Å². The highest BCUT2D eigenvalue weighted by atomic mass is 16.5. The van der Waals surface area contributed by atoms with E-state index < -0.39 is 6.10 Å². The number of fused-ring (bicyclic) bond motifs is 1. The molecule has 1 aromatic carbocycles. The summed E-state index contributed by atoms with van der Waals surface area (Å²) in [7, 11) is 0. The molecule has 0 saturated carbocycles. The van der Waals surface area contributed by atoms with Gasteiger partial charge in [0.2, 0.25) is 0 Å². The van der Waals surface area contributed by atoms with Crippen LogP contribution < -0.4 is 15.4 Å². The number of hydrogen-bond donors (Lipinski definition) is 1. The Labute approximate surface area is 125 Å². The molecule has 3 rings (SSSR count). The van der Waals surface area contributed by atoms with Crippen LogP contribution in [-0.2, 0) is 4.79 Å². The summed E-state index contributed by atoms with van der Waals surface area (Å²) in [5, 5.41) is 0. The molecule has 0 aromatic heterocycles. The highest BCUT2D eigenvalue weighted by Crippen LogP contribution is 2.35. The molecule has 1 atom stereocenters. The van der Waals surface area contributed by atoms with E-state index in [2.05, 4.69) is 4.90 Å². The Bertz CT molecular complexity index is 526. The number of likely N-dealkylation sites (tertiary alicyclic amines) is 1. The van der Waals surface area contributed by atoms with Crippen LogP contribution in [0.4, 0.5) is 11.4 Å². The molecule has 0 spiro atoms. The molecule has 2 heterocycles. The highest BCUT2D eigenvalue weighted by molar-refractivity contribution is 6.00. The fraction of sp³-hybridized carbons (Fsp3) is 0.562. The van der Waals surface area contributed by atoms with Crippen molar-refractivity contribution in [2.75, 3.05) is 36.8 Å². The first-order valence-corrected chi connectivity index (χ1v) is 7.75. The largest absolute Gasteiger partial charge is 0.479 e. The molecule has 1 unspecified atom stereocenters. The van der Waals surface area contributed by atoms with E-state index in [0.29, 0.717) is 11.4 Å². The maximum atomic E-state index is 12.4. The molecule has 1 aromatic rings. The number of rotatable bonds is 4. The third-order valence-corrected chi connectivity index (χ3v) is 4.25. The lowest BCUT2D eigenvalue weighted by Gasteiger charge is -2.33. The van der Waals surface area contributed by atoms with Gasteiger partial charge in [-0.1, -0.05) is 0 Å². The zero-order valence-corrected chi connectivity index (χ0v) is 12.5. The Morgan fingerprint density at radius 1 is 1.29 bits per heavy atom. The Hall–Kier alpha value is -1.75. The zero-order chi connectivity index (χ0) is 14.8. The minimum absolute atomic E-state index is 0.0358. The minimum Gasteiger partial charge on any atom is -0.479 e. The Balaban J connectivity index is 1.69. The number of carbonyl (C=O) groups excluding carboxylic acids is 1. The average Bonchev–Trinajstić information content (AvgIpc) is 2.96. The number of nitrogen functional groups attached to an aromatic ring is 1. The normalized spacial score (nSPS) is 22.2. The van der Waals surface area contributed by atoms with Gasteiger partial charge >= 0.3 is 0 Å². The Kier molecular flexibility index (Phi) is 4.01. The summed E-state index contributed by atoms with van der Waals surface area (Å²) in [6, 6.07) is 5.50. The number of hydrogen-bond acceptors (Lipinski definition) is 4. The first kappa shape index (κ1) is 14.2. The summed E-state index contributed by atoms with van der Waals surface area (Å²) < 4.78 is 5.65. The van der Waals surface area contributed by atoms with Crippen molar-refractivity contribution in [3.8, 4) is 5.75 Å². The lowest BCUT2D eigenvalue weighted by Crippen LogP contribution is -2.45. The van der Waals surface area contributed by atoms with Crippen molar-refractivity contribution in [1.29, 1.82) is 0 Å². The minimum atomic E-state index is -0.439. The monoisotopic (exact) mass is 289 g/mol. The molecule has 1 saturated heterocycles. The van der Waals surface area contributed by atoms with Crippen LogP contribution in [0, 0.1) is 0 Å². The summed E-state index contributed by atoms with van der Waals surface area (Å²) in [6.45, 7) is 5.98. The standard InChI is InChI=1S/C16H23N3O2/c1-12-16(20)19(10-4-9-18-7-2-3-8-18)14-6-5-13(17)11-15(14)21-12/h5-6,11-12H,2-4,7-10,17H2,1H3. The second-order valence-electron chi connectivity index (χ2n) is 5.88. The third kappa shape index (κ3) is 2.97. The number of anilines is 2. The van der Waals surface area contributed by atoms with Gasteiger partial charge in [0.05, 0.1) is 5.69 Å². The number of amides is 1. The van der Waals surface area contributed by atoms with Crippen LogP contribution in [-0.4, -0.2) is 43.1 Å². The van der Waals surface area contributed by atoms with E-state index >= 15 is 0 Å². The summed E-state index contributed by atoms with van der Waals surface area (Å²) in [6.07, 6.45) is 3.15. The summed E-state index contributed by atoms with van der Waals surface area (Å²) in [5.41, 5.74) is 7.30. The number of benzene rings is 1. The van der Waals surface area contributed by atoms with Crippen LogP contribution in [0.25, 0.3) is 0 Å². The van der Waals surface area contributed by atoms with E-state index in [4.69, 9.17) is 10.5 Å². The van der Waals surface area contributed by atoms with Gasteiger partial charge in [0, 0.05) is 18.3 Å². The smallest absolute Gasteiger partial charge is 0.267 e. The Morgan fingerprint density at radius 3 is 2.81 bits per heavy atom. The molecule has 5 heteroatoms. The van der Waals surface area contributed by atoms with Crippen LogP contribution in [0.15, 0.2) is 18.2 Å². The van der Waals surface area contributed by atoms with Gasteiger partial charge in [0.15, 0.2) is 6.10 Å². The zero-order valence-electron chi connectivity index (χ0n) is 12.5. The Morgan fingerprint density at radius 2 is 2.05 bits per heavy atom. The van der Waals surface area contributed by atoms with Gasteiger partial charge in [0.25, 0.3) is 5.91 Å². The van der Waals surface area contributed by atoms with Crippen LogP contribution in [0.2, 0.25) is 0 Å². The molecule has 1 amide bonds. The first-order valence-electron chi connectivity index (χ1n) is 7.75. The number of nitrogens with two attached hydrogens (primary N) is 1. The molecule has 0 radical (unpaired) electrons. The molecule has 5 nitrogen and oxygen atoms in total. The lowest BCUT2D eigenvalue weighted by atomic mass is 10.1. The van der Waals surface area contributed by atoms with E-state index in [0.717, 1.165) is 25.2 Å². The van der Waals surface area contributed by atoms with Crippen molar-refractivity contribution in [3.63, 3.8) is 0 Å². The van der Waals surface area contributed by atoms with E-state index in [1.807, 2.05) is 17.0 Å². The summed E-state index contributed by atoms with van der Waals surface area (Å²) in [4.78, 5) is 16.7. The summed E-state index contributed by atoms with van der Waals surface area (Å²) >= 11 is 0. The maximum absolute atomic E-state index is 12.4. The predicted octanol–water partition coefficient (Wildman–Crippen LogP) is 1.87. The first-order chi connectivity index (χ1) is 10.1. The van der Waals surface area contributed by atoms with Crippen molar-refractivity contribution >= 4 is 17.3 Å². The van der Waals surface area contributed by atoms with E-state index in [9.17, 15) is 4.79 Å². The van der Waals surface area contributed by atoms with Gasteiger partial charge in [0.1, 0.15) is 5.75 Å². The number of carbonyl (C=O) groups is 1. The van der Waals surface area contributed by atoms with Gasteiger partial charge in [-0.2, -0.15) is 0 Å². The predicted molar refractivity (Wildman–Crippen MR) is 83.6 cm³/mol. The second kappa shape index (κ2) is 5.93. The van der Waals surface area contributed by atoms with Crippen LogP contribution in [0.3, 0.4) is 0 Å². The fourth-order valence-electron chi connectivity index (χ4n) is 3.12. The van der Waals surface area contributed by atoms with E-state index in [1.54, 1.807) is 13.0 Å². The number of ether oxygens (including phenoxy) is 1. The fourth-order valence-corrected chi connectivity index (χ4v) is 3.12. The van der Waals surface area contributed by atoms with Gasteiger partial charge in [-0.15, -0.1) is 0 Å². The topological polar surface area (TPSA) is 58.8 Å². The molecule has 2 aliphatic rings. The van der Waals surface area contributed by atoms with Gasteiger partial charge in [-0.25, -0.2) is 0 Å². The van der Waals surface area contributed by atoms with Crippen LogP contribution in [0.1, 0.15) is 26.2 Å². The molecule has 0 bridgehead atoms. The van der Waals surface area contributed by atoms with Crippen molar-refractivity contribution in [1.82, 2.24) is 4.90 Å². The third-order valence-electron chi connectivity index (χ3n) is 4.25. The average molecular weight is 289 g/mol. The SMILES string of the molecule is CC1Oc2cc(N)ccc2N(CCCN2CCCC2)C1=O. The van der Waals surface area contributed by atoms with Gasteiger partial charge in [-0.05, 0) is 58.0 Å². The maximum Gasteiger partial charge on any atom is 0.267 e. The lowest BCUT2D eigenvalue weighted by molar-refractivity contribution is -0.125. The number of nitrogens with zero attached hydrogens (tertiary/aromatic N) is 2. The molecular weight excluding hydrogens is 266 g/mol. The molecular formula is C16H23N3O2. The van der Waals surface area contributed by atoms with Gasteiger partial charge < -0.3 is 20.3 Å². The summed E-state index contributed by atoms with van der Waals surface area (Å²) in [5.74, 6) is 0.747. The van der Waals surface area contributed by atoms with Gasteiger partial charge in [-0.3, -0.25) is 4.79 Å². The van der Waals surface area contributed by atoms with Crippen LogP contribution >= 0.6 is 0 Å². The van der Waals surface area contributed by atoms with Crippen molar-refractivity contribution in [3.05, 3.63) is 18.2 Å². The van der Waals surface area contributed by atoms with E-state index in [-0.39, 0.29) is 5.91 Å². The second-order valence-corrected chi connectivity index (χ2v) is 5.88. The molecule has 2 aliphatic heterocycles.